The minimum absolute atomic E-state index is 0.112. The number of benzene rings is 3. The van der Waals surface area contributed by atoms with E-state index < -0.39 is 0 Å². The molecule has 0 bridgehead atoms. The number of para-hydroxylation sites is 2. The highest BCUT2D eigenvalue weighted by Crippen LogP contribution is 2.42. The van der Waals surface area contributed by atoms with Crippen LogP contribution in [0.1, 0.15) is 23.3 Å². The lowest BCUT2D eigenvalue weighted by Crippen LogP contribution is -2.40. The Labute approximate surface area is 241 Å². The van der Waals surface area contributed by atoms with Crippen molar-refractivity contribution >= 4 is 46.4 Å². The fraction of sp³-hybridized carbons (Fsp3) is 0.194. The maximum absolute atomic E-state index is 12.7. The van der Waals surface area contributed by atoms with E-state index in [1.807, 2.05) is 78.9 Å². The summed E-state index contributed by atoms with van der Waals surface area (Å²) in [6, 6.07) is 25.0. The zero-order valence-corrected chi connectivity index (χ0v) is 22.9. The van der Waals surface area contributed by atoms with Gasteiger partial charge in [0.25, 0.3) is 0 Å². The molecule has 0 radical (unpaired) electrons. The minimum atomic E-state index is -0.379. The Morgan fingerprint density at radius 1 is 0.725 bits per heavy atom. The van der Waals surface area contributed by atoms with Crippen molar-refractivity contribution in [2.45, 2.75) is 12.2 Å². The largest absolute Gasteiger partial charge is 0.482 e. The zero-order valence-electron chi connectivity index (χ0n) is 21.4. The van der Waals surface area contributed by atoms with Crippen LogP contribution < -0.4 is 19.3 Å². The number of carbonyl (C=O) groups excluding carboxylic acids is 2. The maximum Gasteiger partial charge on any atom is 0.242 e. The van der Waals surface area contributed by atoms with Crippen LogP contribution >= 0.6 is 23.2 Å². The number of hydrogen-bond donors (Lipinski definition) is 0. The van der Waals surface area contributed by atoms with Gasteiger partial charge in [-0.1, -0.05) is 42.5 Å². The summed E-state index contributed by atoms with van der Waals surface area (Å²) >= 11 is 11.9. The van der Waals surface area contributed by atoms with E-state index in [1.165, 1.54) is 0 Å². The first kappa shape index (κ1) is 26.2. The second kappa shape index (κ2) is 11.2. The monoisotopic (exact) mass is 573 g/mol. The summed E-state index contributed by atoms with van der Waals surface area (Å²) in [7, 11) is 0. The summed E-state index contributed by atoms with van der Waals surface area (Å²) in [6.45, 7) is 0.693. The van der Waals surface area contributed by atoms with Crippen molar-refractivity contribution in [2.24, 2.45) is 0 Å². The molecule has 0 spiro atoms. The highest BCUT2D eigenvalue weighted by molar-refractivity contribution is 6.30. The molecule has 202 valence electrons. The normalized spacial score (nSPS) is 17.8. The van der Waals surface area contributed by atoms with Crippen LogP contribution in [0.25, 0.3) is 11.1 Å². The van der Waals surface area contributed by atoms with Crippen LogP contribution in [-0.2, 0) is 9.59 Å². The Morgan fingerprint density at radius 2 is 1.38 bits per heavy atom. The van der Waals surface area contributed by atoms with Crippen molar-refractivity contribution in [3.8, 4) is 22.6 Å². The first-order valence-electron chi connectivity index (χ1n) is 12.8. The second-order valence-corrected chi connectivity index (χ2v) is 10.1. The second-order valence-electron chi connectivity index (χ2n) is 9.55. The summed E-state index contributed by atoms with van der Waals surface area (Å²) in [5, 5.41) is 0. The molecule has 2 aliphatic heterocycles. The molecule has 0 saturated heterocycles. The molecule has 3 aromatic carbocycles. The van der Waals surface area contributed by atoms with E-state index in [-0.39, 0.29) is 35.8 Å². The van der Waals surface area contributed by atoms with Gasteiger partial charge in [-0.25, -0.2) is 0 Å². The maximum atomic E-state index is 12.7. The number of nitrogens with zero attached hydrogens (tertiary/aromatic N) is 3. The van der Waals surface area contributed by atoms with Gasteiger partial charge in [-0.3, -0.25) is 14.6 Å². The number of alkyl halides is 2. The zero-order chi connectivity index (χ0) is 27.6. The topological polar surface area (TPSA) is 72.0 Å². The average Bonchev–Trinajstić information content (AvgIpc) is 3.03. The SMILES string of the molecule is O=C(CCl)N1CC(c2cccc(-c3ccc4c(c3)OC(c3cccnc3)CN4C(=O)CCl)c2)Oc2ccccc21. The number of rotatable bonds is 5. The summed E-state index contributed by atoms with van der Waals surface area (Å²) in [6.07, 6.45) is 2.69. The molecule has 4 aromatic rings. The van der Waals surface area contributed by atoms with Crippen LogP contribution in [0.4, 0.5) is 11.4 Å². The van der Waals surface area contributed by atoms with E-state index in [4.69, 9.17) is 32.7 Å². The van der Waals surface area contributed by atoms with E-state index in [2.05, 4.69) is 4.98 Å². The van der Waals surface area contributed by atoms with Crippen LogP contribution in [0.5, 0.6) is 11.5 Å². The number of carbonyl (C=O) groups is 2. The number of amides is 2. The molecule has 2 aliphatic rings. The van der Waals surface area contributed by atoms with Crippen molar-refractivity contribution in [1.82, 2.24) is 4.98 Å². The smallest absolute Gasteiger partial charge is 0.242 e. The summed E-state index contributed by atoms with van der Waals surface area (Å²) in [5.41, 5.74) is 5.04. The van der Waals surface area contributed by atoms with Crippen LogP contribution in [0.2, 0.25) is 0 Å². The number of halogens is 2. The Bertz CT molecular complexity index is 1570. The fourth-order valence-corrected chi connectivity index (χ4v) is 5.44. The third-order valence-electron chi connectivity index (χ3n) is 7.12. The molecule has 2 atom stereocenters. The van der Waals surface area contributed by atoms with Crippen LogP contribution in [0.15, 0.2) is 91.3 Å². The predicted octanol–water partition coefficient (Wildman–Crippen LogP) is 6.16. The van der Waals surface area contributed by atoms with Gasteiger partial charge in [0, 0.05) is 18.0 Å². The van der Waals surface area contributed by atoms with E-state index in [0.717, 1.165) is 22.3 Å². The Morgan fingerprint density at radius 3 is 2.10 bits per heavy atom. The molecule has 7 nitrogen and oxygen atoms in total. The van der Waals surface area contributed by atoms with Gasteiger partial charge in [0.2, 0.25) is 11.8 Å². The molecule has 0 aliphatic carbocycles. The van der Waals surface area contributed by atoms with Gasteiger partial charge in [-0.05, 0) is 53.1 Å². The van der Waals surface area contributed by atoms with E-state index in [9.17, 15) is 9.59 Å². The van der Waals surface area contributed by atoms with Gasteiger partial charge in [0.05, 0.1) is 24.5 Å². The number of aromatic nitrogens is 1. The third-order valence-corrected chi connectivity index (χ3v) is 7.58. The van der Waals surface area contributed by atoms with Gasteiger partial charge in [0.1, 0.15) is 35.5 Å². The number of ether oxygens (including phenoxy) is 2. The molecule has 6 rings (SSSR count). The molecule has 0 N–H and O–H groups in total. The van der Waals surface area contributed by atoms with E-state index in [1.54, 1.807) is 22.2 Å². The third kappa shape index (κ3) is 4.98. The number of anilines is 2. The summed E-state index contributed by atoms with van der Waals surface area (Å²) in [5.74, 6) is 0.611. The number of pyridine rings is 1. The van der Waals surface area contributed by atoms with Crippen molar-refractivity contribution in [3.05, 3.63) is 102 Å². The first-order chi connectivity index (χ1) is 19.6. The lowest BCUT2D eigenvalue weighted by Gasteiger charge is -2.35. The van der Waals surface area contributed by atoms with Crippen LogP contribution in [0, 0.1) is 0 Å². The highest BCUT2D eigenvalue weighted by Gasteiger charge is 2.32. The molecular formula is C31H25Cl2N3O4. The van der Waals surface area contributed by atoms with Crippen LogP contribution in [0.3, 0.4) is 0 Å². The Hall–Kier alpha value is -4.07. The standard InChI is InChI=1S/C31H25Cl2N3O4/c32-15-30(37)35-18-28(39-26-9-2-1-8-24(26)35)22-6-3-5-20(13-22)21-10-11-25-27(14-21)40-29(19-36(25)31(38)16-33)23-7-4-12-34-17-23/h1-14,17,28-29H,15-16,18-19H2. The number of fused-ring (bicyclic) bond motifs is 2. The predicted molar refractivity (Wildman–Crippen MR) is 155 cm³/mol. The van der Waals surface area contributed by atoms with Gasteiger partial charge in [-0.2, -0.15) is 0 Å². The lowest BCUT2D eigenvalue weighted by atomic mass is 9.98. The lowest BCUT2D eigenvalue weighted by molar-refractivity contribution is -0.117. The number of hydrogen-bond acceptors (Lipinski definition) is 5. The molecule has 40 heavy (non-hydrogen) atoms. The Kier molecular flexibility index (Phi) is 7.32. The van der Waals surface area contributed by atoms with Crippen molar-refractivity contribution < 1.29 is 19.1 Å². The van der Waals surface area contributed by atoms with Gasteiger partial charge in [0.15, 0.2) is 0 Å². The summed E-state index contributed by atoms with van der Waals surface area (Å²) in [4.78, 5) is 32.9. The van der Waals surface area contributed by atoms with E-state index in [0.29, 0.717) is 36.0 Å². The summed E-state index contributed by atoms with van der Waals surface area (Å²) < 4.78 is 12.7. The fourth-order valence-electron chi connectivity index (χ4n) is 5.15. The highest BCUT2D eigenvalue weighted by atomic mass is 35.5. The van der Waals surface area contributed by atoms with Crippen molar-refractivity contribution in [3.63, 3.8) is 0 Å². The van der Waals surface area contributed by atoms with Gasteiger partial charge >= 0.3 is 0 Å². The minimum Gasteiger partial charge on any atom is -0.482 e. The van der Waals surface area contributed by atoms with Gasteiger partial charge < -0.3 is 19.3 Å². The quantitative estimate of drug-likeness (QED) is 0.267. The van der Waals surface area contributed by atoms with Crippen LogP contribution in [-0.4, -0.2) is 41.6 Å². The van der Waals surface area contributed by atoms with E-state index >= 15 is 0 Å². The molecule has 3 heterocycles. The average molecular weight is 574 g/mol. The molecule has 0 saturated carbocycles. The first-order valence-corrected chi connectivity index (χ1v) is 13.9. The molecule has 2 unspecified atom stereocenters. The molecule has 0 fully saturated rings. The van der Waals surface area contributed by atoms with Crippen molar-refractivity contribution in [2.75, 3.05) is 34.6 Å². The Balaban J connectivity index is 1.33. The van der Waals surface area contributed by atoms with Crippen molar-refractivity contribution in [1.29, 1.82) is 0 Å². The molecule has 1 aromatic heterocycles. The molecule has 9 heteroatoms. The molecular weight excluding hydrogens is 549 g/mol. The van der Waals surface area contributed by atoms with Gasteiger partial charge in [-0.15, -0.1) is 23.2 Å². The molecule has 2 amide bonds.